The van der Waals surface area contributed by atoms with Crippen LogP contribution in [0, 0.1) is 17.5 Å². The summed E-state index contributed by atoms with van der Waals surface area (Å²) < 4.78 is 57.0. The van der Waals surface area contributed by atoms with Gasteiger partial charge >= 0.3 is 0 Å². The Morgan fingerprint density at radius 2 is 1.31 bits per heavy atom. The van der Waals surface area contributed by atoms with E-state index in [-0.39, 0.29) is 6.10 Å². The summed E-state index contributed by atoms with van der Waals surface area (Å²) in [5, 5.41) is 0. The topological polar surface area (TPSA) is 27.7 Å². The molecule has 0 radical (unpaired) electrons. The second-order valence-electron chi connectivity index (χ2n) is 7.28. The van der Waals surface area contributed by atoms with Gasteiger partial charge in [0.25, 0.3) is 6.48 Å². The van der Waals surface area contributed by atoms with Gasteiger partial charge in [0.1, 0.15) is 0 Å². The zero-order valence-electron chi connectivity index (χ0n) is 18.2. The van der Waals surface area contributed by atoms with Crippen LogP contribution in [-0.4, -0.2) is 25.8 Å². The molecule has 0 spiro atoms. The lowest BCUT2D eigenvalue weighted by Crippen LogP contribution is -2.28. The molecule has 0 aliphatic rings. The molecular formula is C23H37F3O3. The van der Waals surface area contributed by atoms with Crippen molar-refractivity contribution in [1.29, 1.82) is 0 Å². The van der Waals surface area contributed by atoms with Gasteiger partial charge in [-0.3, -0.25) is 0 Å². The largest absolute Gasteiger partial charge is 0.330 e. The Morgan fingerprint density at radius 1 is 0.759 bits per heavy atom. The van der Waals surface area contributed by atoms with Gasteiger partial charge in [-0.05, 0) is 50.8 Å². The van der Waals surface area contributed by atoms with Crippen LogP contribution in [0.4, 0.5) is 13.2 Å². The number of hydrogen-bond donors (Lipinski definition) is 0. The van der Waals surface area contributed by atoms with Crippen molar-refractivity contribution in [2.24, 2.45) is 0 Å². The molecule has 1 unspecified atom stereocenters. The number of halogens is 3. The highest BCUT2D eigenvalue weighted by molar-refractivity contribution is 5.19. The predicted octanol–water partition coefficient (Wildman–Crippen LogP) is 6.92. The van der Waals surface area contributed by atoms with Crippen molar-refractivity contribution in [3.8, 4) is 0 Å². The van der Waals surface area contributed by atoms with Crippen LogP contribution in [0.1, 0.15) is 84.1 Å². The van der Waals surface area contributed by atoms with Crippen LogP contribution in [0.25, 0.3) is 0 Å². The minimum Gasteiger partial charge on any atom is -0.330 e. The average molecular weight is 419 g/mol. The number of rotatable bonds is 17. The summed E-state index contributed by atoms with van der Waals surface area (Å²) >= 11 is 0. The lowest BCUT2D eigenvalue weighted by Gasteiger charge is -2.24. The van der Waals surface area contributed by atoms with E-state index in [0.717, 1.165) is 31.4 Å². The minimum absolute atomic E-state index is 0.162. The summed E-state index contributed by atoms with van der Waals surface area (Å²) in [6, 6.07) is 2.09. The fourth-order valence-electron chi connectivity index (χ4n) is 3.25. The standard InChI is InChI=1S/C23H37F3O3/c1-4-7-8-9-10-11-12-13-19(29-23(27-5-2)28-6-3)15-14-18-16-20(24)22(26)21(25)17-18/h16-17,19,23H,4-15H2,1-3H3. The Morgan fingerprint density at radius 3 is 1.86 bits per heavy atom. The summed E-state index contributed by atoms with van der Waals surface area (Å²) in [5.41, 5.74) is 0.416. The molecule has 6 heteroatoms. The van der Waals surface area contributed by atoms with Gasteiger partial charge in [0, 0.05) is 13.2 Å². The molecule has 0 N–H and O–H groups in total. The Balaban J connectivity index is 2.58. The lowest BCUT2D eigenvalue weighted by molar-refractivity contribution is -0.302. The first-order valence-electron chi connectivity index (χ1n) is 11.0. The van der Waals surface area contributed by atoms with Crippen LogP contribution in [0.5, 0.6) is 0 Å². The molecule has 1 atom stereocenters. The third-order valence-corrected chi connectivity index (χ3v) is 4.84. The molecule has 0 aromatic heterocycles. The van der Waals surface area contributed by atoms with Crippen molar-refractivity contribution in [2.75, 3.05) is 13.2 Å². The molecule has 29 heavy (non-hydrogen) atoms. The van der Waals surface area contributed by atoms with Gasteiger partial charge in [-0.25, -0.2) is 13.2 Å². The molecule has 0 saturated carbocycles. The highest BCUT2D eigenvalue weighted by Gasteiger charge is 2.18. The molecule has 0 aliphatic carbocycles. The molecule has 1 aromatic carbocycles. The quantitative estimate of drug-likeness (QED) is 0.156. The number of ether oxygens (including phenoxy) is 3. The van der Waals surface area contributed by atoms with Gasteiger partial charge < -0.3 is 14.2 Å². The van der Waals surface area contributed by atoms with Crippen molar-refractivity contribution < 1.29 is 27.4 Å². The zero-order valence-corrected chi connectivity index (χ0v) is 18.2. The maximum atomic E-state index is 13.5. The first kappa shape index (κ1) is 25.9. The maximum Gasteiger partial charge on any atom is 0.271 e. The molecule has 0 bridgehead atoms. The summed E-state index contributed by atoms with van der Waals surface area (Å²) in [6.07, 6.45) is 9.95. The number of hydrogen-bond acceptors (Lipinski definition) is 3. The molecule has 0 saturated heterocycles. The Labute approximate surface area is 173 Å². The second kappa shape index (κ2) is 15.7. The van der Waals surface area contributed by atoms with Crippen LogP contribution in [0.15, 0.2) is 12.1 Å². The molecule has 1 rings (SSSR count). The monoisotopic (exact) mass is 418 g/mol. The third-order valence-electron chi connectivity index (χ3n) is 4.84. The van der Waals surface area contributed by atoms with E-state index in [1.165, 1.54) is 32.1 Å². The Kier molecular flexibility index (Phi) is 14.0. The van der Waals surface area contributed by atoms with Gasteiger partial charge in [0.05, 0.1) is 6.10 Å². The fraction of sp³-hybridized carbons (Fsp3) is 0.739. The number of unbranched alkanes of at least 4 members (excludes halogenated alkanes) is 6. The van der Waals surface area contributed by atoms with Crippen LogP contribution in [-0.2, 0) is 20.6 Å². The zero-order chi connectivity index (χ0) is 21.5. The first-order chi connectivity index (χ1) is 14.0. The van der Waals surface area contributed by atoms with Crippen molar-refractivity contribution in [3.63, 3.8) is 0 Å². The molecule has 1 aromatic rings. The molecular weight excluding hydrogens is 381 g/mol. The van der Waals surface area contributed by atoms with Crippen molar-refractivity contribution >= 4 is 0 Å². The summed E-state index contributed by atoms with van der Waals surface area (Å²) in [4.78, 5) is 0. The summed E-state index contributed by atoms with van der Waals surface area (Å²) in [5.74, 6) is -3.76. The molecule has 0 aliphatic heterocycles. The van der Waals surface area contributed by atoms with Gasteiger partial charge in [-0.2, -0.15) is 0 Å². The van der Waals surface area contributed by atoms with E-state index in [1.807, 2.05) is 13.8 Å². The third kappa shape index (κ3) is 11.0. The van der Waals surface area contributed by atoms with Crippen LogP contribution >= 0.6 is 0 Å². The van der Waals surface area contributed by atoms with Crippen LogP contribution in [0.3, 0.4) is 0 Å². The van der Waals surface area contributed by atoms with Gasteiger partial charge in [0.15, 0.2) is 17.5 Å². The van der Waals surface area contributed by atoms with Crippen LogP contribution < -0.4 is 0 Å². The molecule has 0 amide bonds. The minimum atomic E-state index is -1.43. The van der Waals surface area contributed by atoms with E-state index < -0.39 is 23.9 Å². The van der Waals surface area contributed by atoms with Gasteiger partial charge in [0.2, 0.25) is 0 Å². The molecule has 0 fully saturated rings. The van der Waals surface area contributed by atoms with E-state index in [0.29, 0.717) is 31.6 Å². The summed E-state index contributed by atoms with van der Waals surface area (Å²) in [6.45, 7) is 6.11. The van der Waals surface area contributed by atoms with Crippen LogP contribution in [0.2, 0.25) is 0 Å². The number of benzene rings is 1. The van der Waals surface area contributed by atoms with Gasteiger partial charge in [-0.15, -0.1) is 0 Å². The molecule has 168 valence electrons. The first-order valence-corrected chi connectivity index (χ1v) is 11.0. The van der Waals surface area contributed by atoms with E-state index in [1.54, 1.807) is 0 Å². The average Bonchev–Trinajstić information content (AvgIpc) is 2.69. The van der Waals surface area contributed by atoms with Crippen molar-refractivity contribution in [1.82, 2.24) is 0 Å². The molecule has 0 heterocycles. The fourth-order valence-corrected chi connectivity index (χ4v) is 3.25. The summed E-state index contributed by atoms with van der Waals surface area (Å²) in [7, 11) is 0. The Bertz CT molecular complexity index is 525. The normalized spacial score (nSPS) is 12.7. The van der Waals surface area contributed by atoms with Gasteiger partial charge in [-0.1, -0.05) is 51.9 Å². The predicted molar refractivity (Wildman–Crippen MR) is 109 cm³/mol. The number of aryl methyl sites for hydroxylation is 1. The van der Waals surface area contributed by atoms with Crippen molar-refractivity contribution in [2.45, 2.75) is 97.6 Å². The molecule has 3 nitrogen and oxygen atoms in total. The van der Waals surface area contributed by atoms with E-state index in [4.69, 9.17) is 14.2 Å². The second-order valence-corrected chi connectivity index (χ2v) is 7.28. The van der Waals surface area contributed by atoms with E-state index >= 15 is 0 Å². The smallest absolute Gasteiger partial charge is 0.271 e. The lowest BCUT2D eigenvalue weighted by atomic mass is 10.0. The SMILES string of the molecule is CCCCCCCCCC(CCc1cc(F)c(F)c(F)c1)OC(OCC)OCC. The highest BCUT2D eigenvalue weighted by Crippen LogP contribution is 2.20. The van der Waals surface area contributed by atoms with E-state index in [2.05, 4.69) is 6.92 Å². The Hall–Kier alpha value is -1.11. The van der Waals surface area contributed by atoms with E-state index in [9.17, 15) is 13.2 Å². The maximum absolute atomic E-state index is 13.5. The van der Waals surface area contributed by atoms with Crippen molar-refractivity contribution in [3.05, 3.63) is 35.1 Å². The highest BCUT2D eigenvalue weighted by atomic mass is 19.2.